The molecule has 1 unspecified atom stereocenters. The first kappa shape index (κ1) is 10.2. The lowest BCUT2D eigenvalue weighted by Crippen LogP contribution is -2.23. The normalized spacial score (nSPS) is 27.5. The Bertz CT molecular complexity index is 229. The summed E-state index contributed by atoms with van der Waals surface area (Å²) in [5, 5.41) is 9.02. The van der Waals surface area contributed by atoms with Gasteiger partial charge in [0.05, 0.1) is 6.07 Å². The third-order valence-electron chi connectivity index (χ3n) is 2.96. The largest absolute Gasteiger partial charge is 0.298 e. The molecule has 13 heavy (non-hydrogen) atoms. The van der Waals surface area contributed by atoms with E-state index in [0.717, 1.165) is 38.5 Å². The third-order valence-corrected chi connectivity index (χ3v) is 2.96. The average molecular weight is 179 g/mol. The molecule has 1 aliphatic rings. The van der Waals surface area contributed by atoms with E-state index < -0.39 is 5.41 Å². The van der Waals surface area contributed by atoms with Crippen LogP contribution in [0.1, 0.15) is 51.9 Å². The zero-order chi connectivity index (χ0) is 9.73. The molecule has 1 atom stereocenters. The summed E-state index contributed by atoms with van der Waals surface area (Å²) in [5.41, 5.74) is -0.588. The van der Waals surface area contributed by atoms with Gasteiger partial charge in [-0.25, -0.2) is 0 Å². The molecule has 0 saturated heterocycles. The van der Waals surface area contributed by atoms with E-state index in [9.17, 15) is 4.79 Å². The Morgan fingerprint density at radius 3 is 2.77 bits per heavy atom. The minimum atomic E-state index is -0.588. The van der Waals surface area contributed by atoms with Gasteiger partial charge < -0.3 is 0 Å². The first-order chi connectivity index (χ1) is 6.25. The molecule has 0 amide bonds. The number of unbranched alkanes of at least 4 members (excludes halogenated alkanes) is 2. The standard InChI is InChI=1S/C11H17NO/c1-2-3-4-7-11(9-12)8-5-6-10(11)13/h2-8H2,1H3. The van der Waals surface area contributed by atoms with Crippen molar-refractivity contribution in [1.29, 1.82) is 5.26 Å². The number of nitriles is 1. The molecule has 1 saturated carbocycles. The monoisotopic (exact) mass is 179 g/mol. The maximum Gasteiger partial charge on any atom is 0.153 e. The van der Waals surface area contributed by atoms with Crippen molar-refractivity contribution in [2.75, 3.05) is 0 Å². The highest BCUT2D eigenvalue weighted by atomic mass is 16.1. The summed E-state index contributed by atoms with van der Waals surface area (Å²) < 4.78 is 0. The lowest BCUT2D eigenvalue weighted by Gasteiger charge is -2.17. The molecule has 0 aromatic rings. The molecule has 1 rings (SSSR count). The van der Waals surface area contributed by atoms with Crippen LogP contribution in [0.4, 0.5) is 0 Å². The van der Waals surface area contributed by atoms with Crippen molar-refractivity contribution < 1.29 is 4.79 Å². The fourth-order valence-electron chi connectivity index (χ4n) is 2.04. The van der Waals surface area contributed by atoms with Crippen LogP contribution in [-0.4, -0.2) is 5.78 Å². The fourth-order valence-corrected chi connectivity index (χ4v) is 2.04. The fraction of sp³-hybridized carbons (Fsp3) is 0.818. The summed E-state index contributed by atoms with van der Waals surface area (Å²) in [6.45, 7) is 2.13. The Morgan fingerprint density at radius 1 is 1.54 bits per heavy atom. The molecule has 1 aliphatic carbocycles. The van der Waals surface area contributed by atoms with E-state index in [0.29, 0.717) is 6.42 Å². The summed E-state index contributed by atoms with van der Waals surface area (Å²) in [6.07, 6.45) is 6.43. The first-order valence-corrected chi connectivity index (χ1v) is 5.20. The number of carbonyl (C=O) groups excluding carboxylic acids is 1. The lowest BCUT2D eigenvalue weighted by atomic mass is 9.82. The second kappa shape index (κ2) is 4.41. The van der Waals surface area contributed by atoms with Crippen molar-refractivity contribution in [1.82, 2.24) is 0 Å². The van der Waals surface area contributed by atoms with Crippen molar-refractivity contribution in [3.63, 3.8) is 0 Å². The molecule has 0 aromatic carbocycles. The molecule has 0 radical (unpaired) electrons. The van der Waals surface area contributed by atoms with Crippen LogP contribution >= 0.6 is 0 Å². The average Bonchev–Trinajstić information content (AvgIpc) is 2.49. The van der Waals surface area contributed by atoms with Gasteiger partial charge in [0, 0.05) is 6.42 Å². The quantitative estimate of drug-likeness (QED) is 0.622. The van der Waals surface area contributed by atoms with Gasteiger partial charge in [-0.2, -0.15) is 5.26 Å². The molecule has 0 aromatic heterocycles. The molecule has 0 heterocycles. The zero-order valence-electron chi connectivity index (χ0n) is 8.31. The van der Waals surface area contributed by atoms with Gasteiger partial charge in [-0.15, -0.1) is 0 Å². The number of hydrogen-bond donors (Lipinski definition) is 0. The Kier molecular flexibility index (Phi) is 3.48. The Labute approximate surface area is 79.9 Å². The number of rotatable bonds is 4. The summed E-state index contributed by atoms with van der Waals surface area (Å²) in [6, 6.07) is 2.24. The van der Waals surface area contributed by atoms with E-state index in [2.05, 4.69) is 13.0 Å². The number of Topliss-reactive ketones (excluding diaryl/α,β-unsaturated/α-hetero) is 1. The molecule has 2 heteroatoms. The Balaban J connectivity index is 2.51. The van der Waals surface area contributed by atoms with Gasteiger partial charge >= 0.3 is 0 Å². The molecule has 2 nitrogen and oxygen atoms in total. The van der Waals surface area contributed by atoms with Crippen molar-refractivity contribution in [3.8, 4) is 6.07 Å². The van der Waals surface area contributed by atoms with Crippen LogP contribution in [0.5, 0.6) is 0 Å². The second-order valence-electron chi connectivity index (χ2n) is 3.93. The minimum Gasteiger partial charge on any atom is -0.298 e. The maximum atomic E-state index is 11.5. The molecule has 0 N–H and O–H groups in total. The van der Waals surface area contributed by atoms with Crippen LogP contribution < -0.4 is 0 Å². The maximum absolute atomic E-state index is 11.5. The highest BCUT2D eigenvalue weighted by molar-refractivity contribution is 5.89. The Hall–Kier alpha value is -0.840. The van der Waals surface area contributed by atoms with Crippen LogP contribution in [0.25, 0.3) is 0 Å². The number of ketones is 1. The SMILES string of the molecule is CCCCCC1(C#N)CCCC1=O. The zero-order valence-corrected chi connectivity index (χ0v) is 8.31. The molecular weight excluding hydrogens is 162 g/mol. The molecule has 0 bridgehead atoms. The number of nitrogens with zero attached hydrogens (tertiary/aromatic N) is 1. The van der Waals surface area contributed by atoms with Crippen molar-refractivity contribution in [2.24, 2.45) is 5.41 Å². The smallest absolute Gasteiger partial charge is 0.153 e. The number of carbonyl (C=O) groups is 1. The predicted octanol–water partition coefficient (Wildman–Crippen LogP) is 2.83. The van der Waals surface area contributed by atoms with E-state index in [4.69, 9.17) is 5.26 Å². The van der Waals surface area contributed by atoms with Crippen molar-refractivity contribution >= 4 is 5.78 Å². The van der Waals surface area contributed by atoms with Crippen LogP contribution in [0.3, 0.4) is 0 Å². The van der Waals surface area contributed by atoms with Crippen molar-refractivity contribution in [3.05, 3.63) is 0 Å². The van der Waals surface area contributed by atoms with Gasteiger partial charge in [0.15, 0.2) is 5.78 Å². The van der Waals surface area contributed by atoms with Gasteiger partial charge in [0.1, 0.15) is 5.41 Å². The van der Waals surface area contributed by atoms with Gasteiger partial charge in [-0.1, -0.05) is 26.2 Å². The van der Waals surface area contributed by atoms with E-state index >= 15 is 0 Å². The molecule has 0 spiro atoms. The highest BCUT2D eigenvalue weighted by Gasteiger charge is 2.41. The molecule has 0 aliphatic heterocycles. The second-order valence-corrected chi connectivity index (χ2v) is 3.93. The topological polar surface area (TPSA) is 40.9 Å². The van der Waals surface area contributed by atoms with E-state index in [1.807, 2.05) is 0 Å². The summed E-state index contributed by atoms with van der Waals surface area (Å²) >= 11 is 0. The lowest BCUT2D eigenvalue weighted by molar-refractivity contribution is -0.123. The molecule has 72 valence electrons. The summed E-state index contributed by atoms with van der Waals surface area (Å²) in [5.74, 6) is 0.186. The minimum absolute atomic E-state index is 0.186. The first-order valence-electron chi connectivity index (χ1n) is 5.20. The van der Waals surface area contributed by atoms with Crippen molar-refractivity contribution in [2.45, 2.75) is 51.9 Å². The van der Waals surface area contributed by atoms with Crippen LogP contribution in [0.15, 0.2) is 0 Å². The van der Waals surface area contributed by atoms with Crippen LogP contribution in [0.2, 0.25) is 0 Å². The predicted molar refractivity (Wildman–Crippen MR) is 51.0 cm³/mol. The van der Waals surface area contributed by atoms with Gasteiger partial charge in [-0.3, -0.25) is 4.79 Å². The van der Waals surface area contributed by atoms with E-state index in [-0.39, 0.29) is 5.78 Å². The van der Waals surface area contributed by atoms with Gasteiger partial charge in [0.25, 0.3) is 0 Å². The summed E-state index contributed by atoms with van der Waals surface area (Å²) in [4.78, 5) is 11.5. The van der Waals surface area contributed by atoms with Gasteiger partial charge in [0.2, 0.25) is 0 Å². The molecular formula is C11H17NO. The van der Waals surface area contributed by atoms with Gasteiger partial charge in [-0.05, 0) is 19.3 Å². The number of hydrogen-bond acceptors (Lipinski definition) is 2. The Morgan fingerprint density at radius 2 is 2.31 bits per heavy atom. The van der Waals surface area contributed by atoms with Crippen LogP contribution in [-0.2, 0) is 4.79 Å². The molecule has 1 fully saturated rings. The third kappa shape index (κ3) is 2.09. The summed E-state index contributed by atoms with van der Waals surface area (Å²) in [7, 11) is 0. The van der Waals surface area contributed by atoms with Crippen LogP contribution in [0, 0.1) is 16.7 Å². The van der Waals surface area contributed by atoms with E-state index in [1.165, 1.54) is 0 Å². The highest BCUT2D eigenvalue weighted by Crippen LogP contribution is 2.38. The van der Waals surface area contributed by atoms with E-state index in [1.54, 1.807) is 0 Å².